The van der Waals surface area contributed by atoms with Gasteiger partial charge in [0.15, 0.2) is 0 Å². The summed E-state index contributed by atoms with van der Waals surface area (Å²) in [7, 11) is 1.73. The predicted octanol–water partition coefficient (Wildman–Crippen LogP) is 1.94. The van der Waals surface area contributed by atoms with Gasteiger partial charge in [-0.25, -0.2) is 0 Å². The number of para-hydroxylation sites is 1. The number of morpholine rings is 1. The Bertz CT molecular complexity index is 425. The van der Waals surface area contributed by atoms with E-state index >= 15 is 0 Å². The molecule has 1 aromatic rings. The lowest BCUT2D eigenvalue weighted by atomic mass is 9.99. The molecule has 1 fully saturated rings. The van der Waals surface area contributed by atoms with Crippen molar-refractivity contribution in [3.8, 4) is 5.75 Å². The Balaban J connectivity index is 2.07. The quantitative estimate of drug-likeness (QED) is 0.833. The third-order valence-corrected chi connectivity index (χ3v) is 4.17. The van der Waals surface area contributed by atoms with Gasteiger partial charge in [-0.05, 0) is 31.1 Å². The summed E-state index contributed by atoms with van der Waals surface area (Å²) >= 11 is 0. The van der Waals surface area contributed by atoms with Crippen LogP contribution in [0.4, 0.5) is 0 Å². The van der Waals surface area contributed by atoms with E-state index < -0.39 is 0 Å². The predicted molar refractivity (Wildman–Crippen MR) is 86.0 cm³/mol. The van der Waals surface area contributed by atoms with Gasteiger partial charge in [-0.15, -0.1) is 0 Å². The lowest BCUT2D eigenvalue weighted by molar-refractivity contribution is -0.0445. The number of nitrogens with zero attached hydrogens (tertiary/aromatic N) is 1. The molecule has 4 nitrogen and oxygen atoms in total. The molecule has 118 valence electrons. The Hall–Kier alpha value is -1.10. The summed E-state index contributed by atoms with van der Waals surface area (Å²) in [5.41, 5.74) is 1.24. The number of nitrogens with one attached hydrogen (secondary N) is 1. The van der Waals surface area contributed by atoms with Gasteiger partial charge in [0.25, 0.3) is 0 Å². The number of benzene rings is 1. The monoisotopic (exact) mass is 292 g/mol. The fraction of sp³-hybridized carbons (Fsp3) is 0.647. The molecular formula is C17H28N2O2. The lowest BCUT2D eigenvalue weighted by Gasteiger charge is -2.37. The molecule has 1 aliphatic heterocycles. The fourth-order valence-electron chi connectivity index (χ4n) is 2.97. The van der Waals surface area contributed by atoms with Gasteiger partial charge in [0.05, 0.1) is 19.8 Å². The van der Waals surface area contributed by atoms with Crippen molar-refractivity contribution < 1.29 is 9.47 Å². The number of ether oxygens (including phenoxy) is 2. The summed E-state index contributed by atoms with van der Waals surface area (Å²) in [6.07, 6.45) is 1.17. The largest absolute Gasteiger partial charge is 0.496 e. The molecule has 0 aliphatic carbocycles. The van der Waals surface area contributed by atoms with E-state index in [2.05, 4.69) is 36.2 Å². The molecule has 0 amide bonds. The van der Waals surface area contributed by atoms with E-state index in [1.807, 2.05) is 12.1 Å². The maximum atomic E-state index is 6.03. The van der Waals surface area contributed by atoms with Crippen molar-refractivity contribution in [1.29, 1.82) is 0 Å². The van der Waals surface area contributed by atoms with Crippen LogP contribution in [-0.2, 0) is 11.2 Å². The van der Waals surface area contributed by atoms with E-state index in [0.717, 1.165) is 45.0 Å². The average molecular weight is 292 g/mol. The molecule has 2 atom stereocenters. The molecule has 1 N–H and O–H groups in total. The van der Waals surface area contributed by atoms with E-state index in [0.29, 0.717) is 6.04 Å². The van der Waals surface area contributed by atoms with Gasteiger partial charge in [-0.2, -0.15) is 0 Å². The summed E-state index contributed by atoms with van der Waals surface area (Å²) in [5.74, 6) is 0.962. The molecule has 21 heavy (non-hydrogen) atoms. The van der Waals surface area contributed by atoms with Crippen molar-refractivity contribution in [2.75, 3.05) is 39.9 Å². The average Bonchev–Trinajstić information content (AvgIpc) is 2.55. The third kappa shape index (κ3) is 4.43. The van der Waals surface area contributed by atoms with Crippen LogP contribution in [0.25, 0.3) is 0 Å². The maximum Gasteiger partial charge on any atom is 0.122 e. The molecule has 1 aromatic carbocycles. The Morgan fingerprint density at radius 1 is 1.38 bits per heavy atom. The lowest BCUT2D eigenvalue weighted by Crippen LogP contribution is -2.53. The smallest absolute Gasteiger partial charge is 0.122 e. The van der Waals surface area contributed by atoms with Crippen molar-refractivity contribution in [3.63, 3.8) is 0 Å². The summed E-state index contributed by atoms with van der Waals surface area (Å²) in [5, 5.41) is 3.59. The second-order valence-electron chi connectivity index (χ2n) is 5.48. The molecule has 2 unspecified atom stereocenters. The van der Waals surface area contributed by atoms with Crippen LogP contribution < -0.4 is 10.1 Å². The zero-order valence-corrected chi connectivity index (χ0v) is 13.5. The van der Waals surface area contributed by atoms with Crippen molar-refractivity contribution >= 4 is 0 Å². The summed E-state index contributed by atoms with van der Waals surface area (Å²) in [4.78, 5) is 2.46. The van der Waals surface area contributed by atoms with E-state index in [9.17, 15) is 0 Å². The third-order valence-electron chi connectivity index (χ3n) is 4.17. The van der Waals surface area contributed by atoms with Crippen molar-refractivity contribution in [2.24, 2.45) is 0 Å². The van der Waals surface area contributed by atoms with Gasteiger partial charge < -0.3 is 14.8 Å². The normalized spacial score (nSPS) is 21.2. The Morgan fingerprint density at radius 3 is 2.90 bits per heavy atom. The van der Waals surface area contributed by atoms with Gasteiger partial charge >= 0.3 is 0 Å². The van der Waals surface area contributed by atoms with Gasteiger partial charge in [0.2, 0.25) is 0 Å². The van der Waals surface area contributed by atoms with Crippen LogP contribution in [0.3, 0.4) is 0 Å². The number of methoxy groups -OCH3 is 1. The topological polar surface area (TPSA) is 33.7 Å². The molecule has 1 aliphatic rings. The van der Waals surface area contributed by atoms with E-state index in [1.165, 1.54) is 5.56 Å². The summed E-state index contributed by atoms with van der Waals surface area (Å²) in [6, 6.07) is 8.57. The fourth-order valence-corrected chi connectivity index (χ4v) is 2.97. The Kier molecular flexibility index (Phi) is 6.49. The molecule has 0 bridgehead atoms. The highest BCUT2D eigenvalue weighted by molar-refractivity contribution is 5.34. The standard InChI is InChI=1S/C17H28N2O2/c1-4-18-15(17-13-19(5-2)10-11-21-17)12-14-8-6-7-9-16(14)20-3/h6-9,15,17-18H,4-5,10-13H2,1-3H3. The number of hydrogen-bond donors (Lipinski definition) is 1. The summed E-state index contributed by atoms with van der Waals surface area (Å²) < 4.78 is 11.5. The van der Waals surface area contributed by atoms with Crippen LogP contribution in [-0.4, -0.2) is 56.9 Å². The zero-order chi connectivity index (χ0) is 15.1. The minimum atomic E-state index is 0.239. The number of hydrogen-bond acceptors (Lipinski definition) is 4. The molecule has 0 spiro atoms. The van der Waals surface area contributed by atoms with Crippen molar-refractivity contribution in [1.82, 2.24) is 10.2 Å². The second kappa shape index (κ2) is 8.37. The Labute approximate surface area is 128 Å². The molecule has 0 aromatic heterocycles. The molecule has 1 saturated heterocycles. The van der Waals surface area contributed by atoms with Crippen LogP contribution in [0.5, 0.6) is 5.75 Å². The van der Waals surface area contributed by atoms with Crippen LogP contribution in [0.15, 0.2) is 24.3 Å². The van der Waals surface area contributed by atoms with E-state index in [4.69, 9.17) is 9.47 Å². The second-order valence-corrected chi connectivity index (χ2v) is 5.48. The summed E-state index contributed by atoms with van der Waals surface area (Å²) in [6.45, 7) is 9.27. The minimum absolute atomic E-state index is 0.239. The van der Waals surface area contributed by atoms with Crippen LogP contribution in [0.2, 0.25) is 0 Å². The van der Waals surface area contributed by atoms with Gasteiger partial charge in [-0.3, -0.25) is 4.90 Å². The first-order valence-electron chi connectivity index (χ1n) is 7.97. The molecule has 1 heterocycles. The van der Waals surface area contributed by atoms with Gasteiger partial charge in [-0.1, -0.05) is 32.0 Å². The Morgan fingerprint density at radius 2 is 2.19 bits per heavy atom. The van der Waals surface area contributed by atoms with Crippen LogP contribution >= 0.6 is 0 Å². The molecule has 0 saturated carbocycles. The molecular weight excluding hydrogens is 264 g/mol. The first-order valence-corrected chi connectivity index (χ1v) is 7.97. The molecule has 2 rings (SSSR count). The van der Waals surface area contributed by atoms with Gasteiger partial charge in [0, 0.05) is 19.1 Å². The van der Waals surface area contributed by atoms with Gasteiger partial charge in [0.1, 0.15) is 5.75 Å². The highest BCUT2D eigenvalue weighted by atomic mass is 16.5. The SMILES string of the molecule is CCNC(Cc1ccccc1OC)C1CN(CC)CCO1. The zero-order valence-electron chi connectivity index (χ0n) is 13.5. The van der Waals surface area contributed by atoms with Crippen molar-refractivity contribution in [3.05, 3.63) is 29.8 Å². The number of rotatable bonds is 7. The minimum Gasteiger partial charge on any atom is -0.496 e. The highest BCUT2D eigenvalue weighted by Gasteiger charge is 2.27. The van der Waals surface area contributed by atoms with Crippen LogP contribution in [0.1, 0.15) is 19.4 Å². The number of likely N-dealkylation sites (N-methyl/N-ethyl adjacent to an activating group) is 2. The molecule has 4 heteroatoms. The van der Waals surface area contributed by atoms with E-state index in [1.54, 1.807) is 7.11 Å². The van der Waals surface area contributed by atoms with Crippen molar-refractivity contribution in [2.45, 2.75) is 32.4 Å². The molecule has 0 radical (unpaired) electrons. The van der Waals surface area contributed by atoms with E-state index in [-0.39, 0.29) is 6.10 Å². The first kappa shape index (κ1) is 16.3. The maximum absolute atomic E-state index is 6.03. The van der Waals surface area contributed by atoms with Crippen LogP contribution in [0, 0.1) is 0 Å². The first-order chi connectivity index (χ1) is 10.3. The highest BCUT2D eigenvalue weighted by Crippen LogP contribution is 2.21.